The van der Waals surface area contributed by atoms with Crippen LogP contribution >= 0.6 is 0 Å². The van der Waals surface area contributed by atoms with Gasteiger partial charge in [-0.05, 0) is 57.2 Å². The van der Waals surface area contributed by atoms with Crippen molar-refractivity contribution in [3.8, 4) is 5.75 Å². The Bertz CT molecular complexity index is 829. The van der Waals surface area contributed by atoms with Gasteiger partial charge in [0.05, 0.1) is 23.8 Å². The second kappa shape index (κ2) is 8.71. The third-order valence-corrected chi connectivity index (χ3v) is 5.41. The van der Waals surface area contributed by atoms with Gasteiger partial charge in [0.15, 0.2) is 0 Å². The molecule has 26 heavy (non-hydrogen) atoms. The molecule has 0 saturated heterocycles. The van der Waals surface area contributed by atoms with Crippen LogP contribution in [-0.2, 0) is 19.6 Å². The van der Waals surface area contributed by atoms with Crippen molar-refractivity contribution in [2.75, 3.05) is 24.1 Å². The van der Waals surface area contributed by atoms with Crippen LogP contribution in [0.4, 0.5) is 5.69 Å². The number of ether oxygens (including phenoxy) is 2. The number of rotatable bonds is 8. The zero-order valence-corrected chi connectivity index (χ0v) is 16.0. The van der Waals surface area contributed by atoms with E-state index in [1.54, 1.807) is 43.3 Å². The minimum atomic E-state index is -3.92. The zero-order valence-electron chi connectivity index (χ0n) is 15.1. The van der Waals surface area contributed by atoms with E-state index in [-0.39, 0.29) is 11.5 Å². The molecule has 0 fully saturated rings. The number of nitrogens with zero attached hydrogens (tertiary/aromatic N) is 1. The van der Waals surface area contributed by atoms with E-state index >= 15 is 0 Å². The number of carbonyl (C=O) groups excluding carboxylic acids is 1. The van der Waals surface area contributed by atoms with Crippen LogP contribution in [0.15, 0.2) is 53.4 Å². The maximum Gasteiger partial charge on any atom is 0.326 e. The molecule has 0 aliphatic carbocycles. The van der Waals surface area contributed by atoms with E-state index in [4.69, 9.17) is 9.47 Å². The van der Waals surface area contributed by atoms with E-state index in [9.17, 15) is 13.2 Å². The highest BCUT2D eigenvalue weighted by Gasteiger charge is 2.27. The molecule has 2 rings (SSSR count). The van der Waals surface area contributed by atoms with Crippen molar-refractivity contribution in [3.05, 3.63) is 54.1 Å². The minimum Gasteiger partial charge on any atom is -0.494 e. The maximum absolute atomic E-state index is 13.1. The summed E-state index contributed by atoms with van der Waals surface area (Å²) in [5.74, 6) is 0.0112. The van der Waals surface area contributed by atoms with E-state index < -0.39 is 22.5 Å². The van der Waals surface area contributed by atoms with Crippen LogP contribution in [0.2, 0.25) is 0 Å². The molecule has 2 aromatic rings. The third-order valence-electron chi connectivity index (χ3n) is 3.62. The SMILES string of the molecule is CCOC(=O)CN(c1ccc(OCC)cc1)S(=O)(=O)c1ccc(C)cc1. The van der Waals surface area contributed by atoms with Gasteiger partial charge in [0.25, 0.3) is 10.0 Å². The Morgan fingerprint density at radius 2 is 1.58 bits per heavy atom. The molecule has 0 unspecified atom stereocenters. The summed E-state index contributed by atoms with van der Waals surface area (Å²) >= 11 is 0. The normalized spacial score (nSPS) is 11.0. The lowest BCUT2D eigenvalue weighted by atomic mass is 10.2. The molecule has 0 atom stereocenters. The van der Waals surface area contributed by atoms with Crippen LogP contribution in [0.25, 0.3) is 0 Å². The minimum absolute atomic E-state index is 0.112. The van der Waals surface area contributed by atoms with Gasteiger partial charge in [0.1, 0.15) is 12.3 Å². The van der Waals surface area contributed by atoms with Crippen molar-refractivity contribution in [1.82, 2.24) is 0 Å². The van der Waals surface area contributed by atoms with Crippen LogP contribution < -0.4 is 9.04 Å². The second-order valence-corrected chi connectivity index (χ2v) is 7.42. The Kier molecular flexibility index (Phi) is 6.63. The average molecular weight is 377 g/mol. The summed E-state index contributed by atoms with van der Waals surface area (Å²) in [6, 6.07) is 13.0. The van der Waals surface area contributed by atoms with E-state index in [2.05, 4.69) is 0 Å². The van der Waals surface area contributed by atoms with Crippen LogP contribution in [0.5, 0.6) is 5.75 Å². The van der Waals surface area contributed by atoms with Gasteiger partial charge in [0.2, 0.25) is 0 Å². The number of anilines is 1. The molecule has 0 N–H and O–H groups in total. The molecule has 0 heterocycles. The van der Waals surface area contributed by atoms with Gasteiger partial charge in [-0.1, -0.05) is 17.7 Å². The van der Waals surface area contributed by atoms with Gasteiger partial charge in [-0.15, -0.1) is 0 Å². The lowest BCUT2D eigenvalue weighted by molar-refractivity contribution is -0.141. The smallest absolute Gasteiger partial charge is 0.326 e. The Balaban J connectivity index is 2.42. The predicted molar refractivity (Wildman–Crippen MR) is 100.0 cm³/mol. The van der Waals surface area contributed by atoms with Crippen LogP contribution in [0, 0.1) is 6.92 Å². The highest BCUT2D eigenvalue weighted by molar-refractivity contribution is 7.92. The summed E-state index contributed by atoms with van der Waals surface area (Å²) in [6.07, 6.45) is 0. The molecule has 2 aromatic carbocycles. The van der Waals surface area contributed by atoms with Crippen molar-refractivity contribution in [2.45, 2.75) is 25.7 Å². The first-order valence-corrected chi connectivity index (χ1v) is 9.80. The van der Waals surface area contributed by atoms with Gasteiger partial charge < -0.3 is 9.47 Å². The van der Waals surface area contributed by atoms with Crippen molar-refractivity contribution >= 4 is 21.7 Å². The molecule has 6 nitrogen and oxygen atoms in total. The molecular weight excluding hydrogens is 354 g/mol. The van der Waals surface area contributed by atoms with Crippen molar-refractivity contribution < 1.29 is 22.7 Å². The standard InChI is InChI=1S/C19H23NO5S/c1-4-24-17-10-8-16(9-11-17)20(14-19(21)25-5-2)26(22,23)18-12-6-15(3)7-13-18/h6-13H,4-5,14H2,1-3H3. The van der Waals surface area contributed by atoms with Crippen molar-refractivity contribution in [2.24, 2.45) is 0 Å². The average Bonchev–Trinajstić information content (AvgIpc) is 2.61. The highest BCUT2D eigenvalue weighted by atomic mass is 32.2. The van der Waals surface area contributed by atoms with Crippen molar-refractivity contribution in [3.63, 3.8) is 0 Å². The van der Waals surface area contributed by atoms with Gasteiger partial charge in [-0.2, -0.15) is 0 Å². The Morgan fingerprint density at radius 1 is 0.962 bits per heavy atom. The molecule has 0 aromatic heterocycles. The molecule has 0 aliphatic rings. The van der Waals surface area contributed by atoms with Gasteiger partial charge in [0, 0.05) is 0 Å². The lowest BCUT2D eigenvalue weighted by Crippen LogP contribution is -2.36. The van der Waals surface area contributed by atoms with Gasteiger partial charge in [-0.3, -0.25) is 9.10 Å². The fourth-order valence-electron chi connectivity index (χ4n) is 2.35. The topological polar surface area (TPSA) is 72.9 Å². The predicted octanol–water partition coefficient (Wildman–Crippen LogP) is 3.15. The number of sulfonamides is 1. The molecule has 140 valence electrons. The number of aryl methyl sites for hydroxylation is 1. The monoisotopic (exact) mass is 377 g/mol. The fourth-order valence-corrected chi connectivity index (χ4v) is 3.76. The largest absolute Gasteiger partial charge is 0.494 e. The van der Waals surface area contributed by atoms with E-state index in [0.29, 0.717) is 18.0 Å². The highest BCUT2D eigenvalue weighted by Crippen LogP contribution is 2.26. The number of hydrogen-bond acceptors (Lipinski definition) is 5. The van der Waals surface area contributed by atoms with Crippen LogP contribution in [0.3, 0.4) is 0 Å². The summed E-state index contributed by atoms with van der Waals surface area (Å²) in [5, 5.41) is 0. The van der Waals surface area contributed by atoms with E-state index in [1.165, 1.54) is 12.1 Å². The van der Waals surface area contributed by atoms with Gasteiger partial charge in [-0.25, -0.2) is 8.42 Å². The number of carbonyl (C=O) groups is 1. The fraction of sp³-hybridized carbons (Fsp3) is 0.316. The maximum atomic E-state index is 13.1. The summed E-state index contributed by atoms with van der Waals surface area (Å²) in [4.78, 5) is 12.1. The zero-order chi connectivity index (χ0) is 19.2. The molecular formula is C19H23NO5S. The molecule has 0 radical (unpaired) electrons. The summed E-state index contributed by atoms with van der Waals surface area (Å²) < 4.78 is 37.5. The van der Waals surface area contributed by atoms with Crippen LogP contribution in [0.1, 0.15) is 19.4 Å². The molecule has 0 amide bonds. The molecule has 0 spiro atoms. The quantitative estimate of drug-likeness (QED) is 0.661. The van der Waals surface area contributed by atoms with Crippen LogP contribution in [-0.4, -0.2) is 34.1 Å². The summed E-state index contributed by atoms with van der Waals surface area (Å²) in [6.45, 7) is 5.70. The first-order chi connectivity index (χ1) is 12.4. The number of benzene rings is 2. The second-order valence-electron chi connectivity index (χ2n) is 5.56. The summed E-state index contributed by atoms with van der Waals surface area (Å²) in [7, 11) is -3.92. The lowest BCUT2D eigenvalue weighted by Gasteiger charge is -2.24. The number of esters is 1. The Hall–Kier alpha value is -2.54. The molecule has 0 aliphatic heterocycles. The first kappa shape index (κ1) is 19.8. The third kappa shape index (κ3) is 4.76. The van der Waals surface area contributed by atoms with E-state index in [0.717, 1.165) is 9.87 Å². The summed E-state index contributed by atoms with van der Waals surface area (Å²) in [5.41, 5.74) is 1.31. The Labute approximate surface area is 154 Å². The Morgan fingerprint density at radius 3 is 2.12 bits per heavy atom. The van der Waals surface area contributed by atoms with Crippen molar-refractivity contribution in [1.29, 1.82) is 0 Å². The van der Waals surface area contributed by atoms with Gasteiger partial charge >= 0.3 is 5.97 Å². The first-order valence-electron chi connectivity index (χ1n) is 8.36. The van der Waals surface area contributed by atoms with E-state index in [1.807, 2.05) is 13.8 Å². The molecule has 7 heteroatoms. The number of hydrogen-bond donors (Lipinski definition) is 0. The molecule has 0 saturated carbocycles. The molecule has 0 bridgehead atoms.